The number of hydrogen-bond acceptors (Lipinski definition) is 3. The SMILES string of the molecule is CCC(CNC(=O)N1CCSC(CC)C1)CC(=O)O. The Kier molecular flexibility index (Phi) is 7.05. The first-order chi connectivity index (χ1) is 9.06. The van der Waals surface area contributed by atoms with Crippen molar-refractivity contribution in [3.8, 4) is 0 Å². The zero-order chi connectivity index (χ0) is 14.3. The van der Waals surface area contributed by atoms with Crippen molar-refractivity contribution in [2.24, 2.45) is 5.92 Å². The molecule has 19 heavy (non-hydrogen) atoms. The average Bonchev–Trinajstić information content (AvgIpc) is 2.42. The van der Waals surface area contributed by atoms with E-state index in [1.54, 1.807) is 0 Å². The number of nitrogens with one attached hydrogen (secondary N) is 1. The Morgan fingerprint density at radius 3 is 2.79 bits per heavy atom. The Bertz CT molecular complexity index is 312. The van der Waals surface area contributed by atoms with Crippen LogP contribution in [0, 0.1) is 5.92 Å². The third-order valence-electron chi connectivity index (χ3n) is 3.46. The van der Waals surface area contributed by atoms with E-state index in [1.807, 2.05) is 23.6 Å². The number of rotatable bonds is 6. The van der Waals surface area contributed by atoms with Gasteiger partial charge in [-0.2, -0.15) is 11.8 Å². The van der Waals surface area contributed by atoms with Crippen molar-refractivity contribution in [1.82, 2.24) is 10.2 Å². The summed E-state index contributed by atoms with van der Waals surface area (Å²) >= 11 is 1.92. The van der Waals surface area contributed by atoms with E-state index in [9.17, 15) is 9.59 Å². The highest BCUT2D eigenvalue weighted by Crippen LogP contribution is 2.21. The minimum absolute atomic E-state index is 0.0163. The molecule has 1 heterocycles. The van der Waals surface area contributed by atoms with Crippen LogP contribution in [0.25, 0.3) is 0 Å². The lowest BCUT2D eigenvalue weighted by Gasteiger charge is -2.32. The molecule has 0 aliphatic carbocycles. The lowest BCUT2D eigenvalue weighted by atomic mass is 10.0. The minimum atomic E-state index is -0.804. The monoisotopic (exact) mass is 288 g/mol. The van der Waals surface area contributed by atoms with Gasteiger partial charge in [-0.15, -0.1) is 0 Å². The van der Waals surface area contributed by atoms with Crippen LogP contribution in [0.4, 0.5) is 4.79 Å². The molecule has 2 atom stereocenters. The van der Waals surface area contributed by atoms with Crippen LogP contribution >= 0.6 is 11.8 Å². The standard InChI is InChI=1S/C13H24N2O3S/c1-3-10(7-12(16)17)8-14-13(18)15-5-6-19-11(4-2)9-15/h10-11H,3-9H2,1-2H3,(H,14,18)(H,16,17). The summed E-state index contributed by atoms with van der Waals surface area (Å²) < 4.78 is 0. The van der Waals surface area contributed by atoms with Crippen LogP contribution in [-0.4, -0.2) is 52.6 Å². The average molecular weight is 288 g/mol. The zero-order valence-electron chi connectivity index (χ0n) is 11.7. The molecule has 0 bridgehead atoms. The summed E-state index contributed by atoms with van der Waals surface area (Å²) in [7, 11) is 0. The van der Waals surface area contributed by atoms with Gasteiger partial charge in [0.2, 0.25) is 0 Å². The van der Waals surface area contributed by atoms with E-state index in [2.05, 4.69) is 12.2 Å². The van der Waals surface area contributed by atoms with Crippen LogP contribution < -0.4 is 5.32 Å². The highest BCUT2D eigenvalue weighted by molar-refractivity contribution is 8.00. The normalized spacial score (nSPS) is 20.9. The van der Waals surface area contributed by atoms with E-state index in [0.717, 1.165) is 31.7 Å². The van der Waals surface area contributed by atoms with Gasteiger partial charge in [0, 0.05) is 37.1 Å². The van der Waals surface area contributed by atoms with E-state index in [4.69, 9.17) is 5.11 Å². The van der Waals surface area contributed by atoms with Gasteiger partial charge in [0.1, 0.15) is 0 Å². The van der Waals surface area contributed by atoms with Crippen LogP contribution in [0.3, 0.4) is 0 Å². The fraction of sp³-hybridized carbons (Fsp3) is 0.846. The molecule has 2 unspecified atom stereocenters. The number of carboxylic acids is 1. The summed E-state index contributed by atoms with van der Waals surface area (Å²) in [4.78, 5) is 24.5. The molecule has 0 radical (unpaired) electrons. The Morgan fingerprint density at radius 1 is 1.47 bits per heavy atom. The number of carbonyl (C=O) groups excluding carboxylic acids is 1. The number of amides is 2. The number of carbonyl (C=O) groups is 2. The number of nitrogens with zero attached hydrogens (tertiary/aromatic N) is 1. The van der Waals surface area contributed by atoms with Crippen molar-refractivity contribution >= 4 is 23.8 Å². The van der Waals surface area contributed by atoms with Crippen molar-refractivity contribution in [1.29, 1.82) is 0 Å². The summed E-state index contributed by atoms with van der Waals surface area (Å²) in [6, 6.07) is -0.0532. The maximum Gasteiger partial charge on any atom is 0.317 e. The van der Waals surface area contributed by atoms with Crippen LogP contribution in [0.5, 0.6) is 0 Å². The Labute approximate surface area is 119 Å². The molecule has 0 aromatic rings. The Hall–Kier alpha value is -0.910. The number of hydrogen-bond donors (Lipinski definition) is 2. The quantitative estimate of drug-likeness (QED) is 0.784. The summed E-state index contributed by atoms with van der Waals surface area (Å²) in [5, 5.41) is 12.2. The summed E-state index contributed by atoms with van der Waals surface area (Å²) in [5.74, 6) is 0.197. The number of urea groups is 1. The second-order valence-corrected chi connectivity index (χ2v) is 6.31. The van der Waals surface area contributed by atoms with E-state index >= 15 is 0 Å². The molecule has 1 fully saturated rings. The largest absolute Gasteiger partial charge is 0.481 e. The molecule has 0 spiro atoms. The Morgan fingerprint density at radius 2 is 2.21 bits per heavy atom. The number of carboxylic acid groups (broad SMARTS) is 1. The molecule has 0 saturated carbocycles. The molecule has 0 aromatic heterocycles. The number of aliphatic carboxylic acids is 1. The first-order valence-corrected chi connectivity index (χ1v) is 7.97. The van der Waals surface area contributed by atoms with Crippen molar-refractivity contribution in [2.45, 2.75) is 38.4 Å². The van der Waals surface area contributed by atoms with Crippen LogP contribution in [-0.2, 0) is 4.79 Å². The van der Waals surface area contributed by atoms with Crippen LogP contribution in [0.2, 0.25) is 0 Å². The van der Waals surface area contributed by atoms with Gasteiger partial charge >= 0.3 is 12.0 Å². The van der Waals surface area contributed by atoms with Gasteiger partial charge in [-0.3, -0.25) is 4.79 Å². The van der Waals surface area contributed by atoms with Gasteiger partial charge in [0.15, 0.2) is 0 Å². The van der Waals surface area contributed by atoms with Crippen LogP contribution in [0.1, 0.15) is 33.1 Å². The highest BCUT2D eigenvalue weighted by Gasteiger charge is 2.23. The van der Waals surface area contributed by atoms with Gasteiger partial charge in [0.25, 0.3) is 0 Å². The fourth-order valence-corrected chi connectivity index (χ4v) is 3.28. The van der Waals surface area contributed by atoms with Crippen LogP contribution in [0.15, 0.2) is 0 Å². The van der Waals surface area contributed by atoms with Gasteiger partial charge < -0.3 is 15.3 Å². The van der Waals surface area contributed by atoms with Crippen molar-refractivity contribution in [3.05, 3.63) is 0 Å². The van der Waals surface area contributed by atoms with E-state index < -0.39 is 5.97 Å². The van der Waals surface area contributed by atoms with Crippen molar-refractivity contribution < 1.29 is 14.7 Å². The molecule has 5 nitrogen and oxygen atoms in total. The maximum atomic E-state index is 12.0. The lowest BCUT2D eigenvalue weighted by molar-refractivity contribution is -0.138. The molecular weight excluding hydrogens is 264 g/mol. The number of thioether (sulfide) groups is 1. The molecule has 0 aromatic carbocycles. The fourth-order valence-electron chi connectivity index (χ4n) is 2.10. The molecule has 2 amide bonds. The predicted molar refractivity (Wildman–Crippen MR) is 77.5 cm³/mol. The van der Waals surface area contributed by atoms with Gasteiger partial charge in [0.05, 0.1) is 0 Å². The van der Waals surface area contributed by atoms with Crippen molar-refractivity contribution in [3.63, 3.8) is 0 Å². The van der Waals surface area contributed by atoms with E-state index in [0.29, 0.717) is 11.8 Å². The van der Waals surface area contributed by atoms with Gasteiger partial charge in [-0.05, 0) is 12.3 Å². The molecule has 2 N–H and O–H groups in total. The molecule has 1 rings (SSSR count). The molecule has 1 aliphatic heterocycles. The molecule has 6 heteroatoms. The third-order valence-corrected chi connectivity index (χ3v) is 4.84. The van der Waals surface area contributed by atoms with Crippen molar-refractivity contribution in [2.75, 3.05) is 25.4 Å². The second kappa shape index (κ2) is 8.30. The third kappa shape index (κ3) is 5.72. The van der Waals surface area contributed by atoms with Gasteiger partial charge in [-0.25, -0.2) is 4.79 Å². The molecule has 1 saturated heterocycles. The van der Waals surface area contributed by atoms with Gasteiger partial charge in [-0.1, -0.05) is 20.3 Å². The Balaban J connectivity index is 2.35. The van der Waals surface area contributed by atoms with E-state index in [1.165, 1.54) is 0 Å². The van der Waals surface area contributed by atoms with E-state index in [-0.39, 0.29) is 18.4 Å². The summed E-state index contributed by atoms with van der Waals surface area (Å²) in [6.07, 6.45) is 1.95. The summed E-state index contributed by atoms with van der Waals surface area (Å²) in [5.41, 5.74) is 0. The minimum Gasteiger partial charge on any atom is -0.481 e. The highest BCUT2D eigenvalue weighted by atomic mass is 32.2. The second-order valence-electron chi connectivity index (χ2n) is 4.91. The molecular formula is C13H24N2O3S. The first kappa shape index (κ1) is 16.1. The first-order valence-electron chi connectivity index (χ1n) is 6.92. The molecule has 110 valence electrons. The smallest absolute Gasteiger partial charge is 0.317 e. The zero-order valence-corrected chi connectivity index (χ0v) is 12.5. The maximum absolute atomic E-state index is 12.0. The lowest BCUT2D eigenvalue weighted by Crippen LogP contribution is -2.47. The summed E-state index contributed by atoms with van der Waals surface area (Å²) in [6.45, 7) is 6.11. The molecule has 1 aliphatic rings. The topological polar surface area (TPSA) is 69.6 Å². The predicted octanol–water partition coefficient (Wildman–Crippen LogP) is 2.02.